The van der Waals surface area contributed by atoms with Crippen molar-refractivity contribution in [1.29, 1.82) is 0 Å². The Morgan fingerprint density at radius 2 is 1.63 bits per heavy atom. The molecule has 0 N–H and O–H groups in total. The van der Waals surface area contributed by atoms with Gasteiger partial charge in [-0.25, -0.2) is 4.68 Å². The maximum atomic E-state index is 12.7. The van der Waals surface area contributed by atoms with Crippen LogP contribution in [0.3, 0.4) is 0 Å². The van der Waals surface area contributed by atoms with Gasteiger partial charge in [0.2, 0.25) is 5.91 Å². The first-order chi connectivity index (χ1) is 13.1. The molecule has 27 heavy (non-hydrogen) atoms. The summed E-state index contributed by atoms with van der Waals surface area (Å²) in [5.74, 6) is 2.21. The molecule has 2 aromatic heterocycles. The first kappa shape index (κ1) is 17.9. The summed E-state index contributed by atoms with van der Waals surface area (Å²) in [5, 5.41) is 13.2. The SMILES string of the molecule is Cc1cc(C)n(-c2ccc(N3CCN(C(=O)C4CCCCC4)CC3)nn2)n1. The largest absolute Gasteiger partial charge is 0.352 e. The molecule has 144 valence electrons. The smallest absolute Gasteiger partial charge is 0.225 e. The van der Waals surface area contributed by atoms with Gasteiger partial charge in [0.05, 0.1) is 5.69 Å². The quantitative estimate of drug-likeness (QED) is 0.833. The summed E-state index contributed by atoms with van der Waals surface area (Å²) in [6, 6.07) is 5.98. The van der Waals surface area contributed by atoms with Crippen molar-refractivity contribution in [3.05, 3.63) is 29.6 Å². The van der Waals surface area contributed by atoms with Crippen LogP contribution in [0.4, 0.5) is 5.82 Å². The molecule has 7 heteroatoms. The highest BCUT2D eigenvalue weighted by atomic mass is 16.2. The zero-order chi connectivity index (χ0) is 18.8. The van der Waals surface area contributed by atoms with Gasteiger partial charge in [-0.2, -0.15) is 5.10 Å². The van der Waals surface area contributed by atoms with Crippen molar-refractivity contribution in [2.75, 3.05) is 31.1 Å². The summed E-state index contributed by atoms with van der Waals surface area (Å²) in [5.41, 5.74) is 2.02. The van der Waals surface area contributed by atoms with Crippen LogP contribution in [0.15, 0.2) is 18.2 Å². The van der Waals surface area contributed by atoms with Crippen LogP contribution in [0.2, 0.25) is 0 Å². The van der Waals surface area contributed by atoms with Gasteiger partial charge in [0.1, 0.15) is 0 Å². The highest BCUT2D eigenvalue weighted by Crippen LogP contribution is 2.26. The van der Waals surface area contributed by atoms with E-state index in [4.69, 9.17) is 0 Å². The van der Waals surface area contributed by atoms with E-state index in [1.807, 2.05) is 41.6 Å². The lowest BCUT2D eigenvalue weighted by atomic mass is 9.88. The molecule has 1 aliphatic heterocycles. The molecule has 2 aromatic rings. The van der Waals surface area contributed by atoms with E-state index >= 15 is 0 Å². The minimum Gasteiger partial charge on any atom is -0.352 e. The molecule has 0 aromatic carbocycles. The van der Waals surface area contributed by atoms with Crippen molar-refractivity contribution in [2.24, 2.45) is 5.92 Å². The predicted octanol–water partition coefficient (Wildman–Crippen LogP) is 2.51. The van der Waals surface area contributed by atoms with E-state index in [1.165, 1.54) is 19.3 Å². The molecule has 0 atom stereocenters. The summed E-state index contributed by atoms with van der Waals surface area (Å²) in [4.78, 5) is 17.0. The third kappa shape index (κ3) is 3.82. The van der Waals surface area contributed by atoms with E-state index < -0.39 is 0 Å². The van der Waals surface area contributed by atoms with E-state index in [9.17, 15) is 4.79 Å². The van der Waals surface area contributed by atoms with Gasteiger partial charge in [0.25, 0.3) is 0 Å². The fraction of sp³-hybridized carbons (Fsp3) is 0.600. The Hall–Kier alpha value is -2.44. The number of aryl methyl sites for hydroxylation is 2. The van der Waals surface area contributed by atoms with E-state index in [0.29, 0.717) is 5.91 Å². The number of rotatable bonds is 3. The normalized spacial score (nSPS) is 18.7. The molecule has 2 aliphatic rings. The molecule has 1 amide bonds. The second-order valence-corrected chi connectivity index (χ2v) is 7.74. The summed E-state index contributed by atoms with van der Waals surface area (Å²) in [7, 11) is 0. The molecule has 0 spiro atoms. The van der Waals surface area contributed by atoms with Crippen LogP contribution in [0.25, 0.3) is 5.82 Å². The molecule has 0 unspecified atom stereocenters. The van der Waals surface area contributed by atoms with Crippen LogP contribution in [0, 0.1) is 19.8 Å². The molecule has 0 radical (unpaired) electrons. The third-order valence-electron chi connectivity index (χ3n) is 5.73. The summed E-state index contributed by atoms with van der Waals surface area (Å²) < 4.78 is 1.81. The van der Waals surface area contributed by atoms with Crippen LogP contribution >= 0.6 is 0 Å². The molecule has 1 saturated heterocycles. The van der Waals surface area contributed by atoms with Gasteiger partial charge >= 0.3 is 0 Å². The van der Waals surface area contributed by atoms with Crippen molar-refractivity contribution in [3.8, 4) is 5.82 Å². The van der Waals surface area contributed by atoms with E-state index in [1.54, 1.807) is 0 Å². The number of piperazine rings is 1. The highest BCUT2D eigenvalue weighted by Gasteiger charge is 2.28. The first-order valence-electron chi connectivity index (χ1n) is 10.0. The third-order valence-corrected chi connectivity index (χ3v) is 5.73. The second kappa shape index (κ2) is 7.66. The maximum Gasteiger partial charge on any atom is 0.225 e. The zero-order valence-corrected chi connectivity index (χ0v) is 16.3. The molecular weight excluding hydrogens is 340 g/mol. The predicted molar refractivity (Wildman–Crippen MR) is 104 cm³/mol. The number of anilines is 1. The van der Waals surface area contributed by atoms with Gasteiger partial charge in [0, 0.05) is 37.8 Å². The Morgan fingerprint density at radius 1 is 0.963 bits per heavy atom. The van der Waals surface area contributed by atoms with E-state index in [2.05, 4.69) is 20.2 Å². The molecular formula is C20H28N6O. The van der Waals surface area contributed by atoms with Gasteiger partial charge in [-0.3, -0.25) is 4.79 Å². The molecule has 0 bridgehead atoms. The van der Waals surface area contributed by atoms with Gasteiger partial charge < -0.3 is 9.80 Å². The summed E-state index contributed by atoms with van der Waals surface area (Å²) in [6.45, 7) is 7.16. The van der Waals surface area contributed by atoms with Gasteiger partial charge in [-0.1, -0.05) is 19.3 Å². The number of carbonyl (C=O) groups is 1. The lowest BCUT2D eigenvalue weighted by molar-refractivity contribution is -0.136. The fourth-order valence-electron chi connectivity index (χ4n) is 4.22. The average molecular weight is 368 g/mol. The minimum absolute atomic E-state index is 0.255. The zero-order valence-electron chi connectivity index (χ0n) is 16.3. The minimum atomic E-state index is 0.255. The average Bonchev–Trinajstić information content (AvgIpc) is 3.06. The first-order valence-corrected chi connectivity index (χ1v) is 10.0. The van der Waals surface area contributed by atoms with Crippen LogP contribution in [0.5, 0.6) is 0 Å². The Morgan fingerprint density at radius 3 is 2.22 bits per heavy atom. The number of aromatic nitrogens is 4. The Bertz CT molecular complexity index is 785. The van der Waals surface area contributed by atoms with Crippen molar-refractivity contribution < 1.29 is 4.79 Å². The maximum absolute atomic E-state index is 12.7. The van der Waals surface area contributed by atoms with Crippen LogP contribution in [-0.2, 0) is 4.79 Å². The molecule has 2 fully saturated rings. The Labute approximate surface area is 160 Å². The lowest BCUT2D eigenvalue weighted by Crippen LogP contribution is -2.50. The van der Waals surface area contributed by atoms with Gasteiger partial charge in [0.15, 0.2) is 11.6 Å². The molecule has 7 nitrogen and oxygen atoms in total. The van der Waals surface area contributed by atoms with Crippen LogP contribution < -0.4 is 4.90 Å². The number of carbonyl (C=O) groups excluding carboxylic acids is 1. The summed E-state index contributed by atoms with van der Waals surface area (Å²) in [6.07, 6.45) is 5.82. The molecule has 4 rings (SSSR count). The van der Waals surface area contributed by atoms with Crippen molar-refractivity contribution in [2.45, 2.75) is 46.0 Å². The van der Waals surface area contributed by atoms with Gasteiger partial charge in [-0.05, 0) is 44.9 Å². The van der Waals surface area contributed by atoms with E-state index in [-0.39, 0.29) is 5.92 Å². The molecule has 3 heterocycles. The second-order valence-electron chi connectivity index (χ2n) is 7.74. The van der Waals surface area contributed by atoms with Crippen molar-refractivity contribution >= 4 is 11.7 Å². The highest BCUT2D eigenvalue weighted by molar-refractivity contribution is 5.79. The lowest BCUT2D eigenvalue weighted by Gasteiger charge is -2.37. The monoisotopic (exact) mass is 368 g/mol. The topological polar surface area (TPSA) is 67.2 Å². The number of nitrogens with zero attached hydrogens (tertiary/aromatic N) is 6. The Kier molecular flexibility index (Phi) is 5.09. The molecule has 1 aliphatic carbocycles. The van der Waals surface area contributed by atoms with Crippen molar-refractivity contribution in [3.63, 3.8) is 0 Å². The molecule has 1 saturated carbocycles. The fourth-order valence-corrected chi connectivity index (χ4v) is 4.22. The van der Waals surface area contributed by atoms with Crippen LogP contribution in [0.1, 0.15) is 43.5 Å². The van der Waals surface area contributed by atoms with E-state index in [0.717, 1.165) is 62.0 Å². The number of hydrogen-bond acceptors (Lipinski definition) is 5. The van der Waals surface area contributed by atoms with Crippen LogP contribution in [-0.4, -0.2) is 57.0 Å². The van der Waals surface area contributed by atoms with Crippen molar-refractivity contribution in [1.82, 2.24) is 24.9 Å². The summed E-state index contributed by atoms with van der Waals surface area (Å²) >= 11 is 0. The Balaban J connectivity index is 1.37. The standard InChI is InChI=1S/C20H28N6O/c1-15-14-16(2)26(23-15)19-9-8-18(21-22-19)24-10-12-25(13-11-24)20(27)17-6-4-3-5-7-17/h8-9,14,17H,3-7,10-13H2,1-2H3. The van der Waals surface area contributed by atoms with Gasteiger partial charge in [-0.15, -0.1) is 10.2 Å². The number of hydrogen-bond donors (Lipinski definition) is 0. The number of amides is 1.